The SMILES string of the molecule is CCOc1cc(NC(C)=O)ccc1C(=O)NN1C(=O)C(=Cc2ccc(N(C)C)cc2O)N=C1c1ccccc1. The lowest BCUT2D eigenvalue weighted by atomic mass is 10.1. The van der Waals surface area contributed by atoms with Gasteiger partial charge in [-0.2, -0.15) is 5.01 Å². The lowest BCUT2D eigenvalue weighted by Crippen LogP contribution is -2.47. The van der Waals surface area contributed by atoms with Gasteiger partial charge in [-0.3, -0.25) is 19.8 Å². The summed E-state index contributed by atoms with van der Waals surface area (Å²) in [6.07, 6.45) is 1.47. The number of anilines is 2. The molecule has 3 amide bonds. The van der Waals surface area contributed by atoms with E-state index in [2.05, 4.69) is 15.7 Å². The smallest absolute Gasteiger partial charge is 0.297 e. The lowest BCUT2D eigenvalue weighted by Gasteiger charge is -2.20. The first-order valence-electron chi connectivity index (χ1n) is 12.2. The second-order valence-corrected chi connectivity index (χ2v) is 8.88. The van der Waals surface area contributed by atoms with Crippen LogP contribution in [0.25, 0.3) is 6.08 Å². The number of amides is 3. The summed E-state index contributed by atoms with van der Waals surface area (Å²) in [6.45, 7) is 3.44. The van der Waals surface area contributed by atoms with Crippen molar-refractivity contribution in [3.8, 4) is 11.5 Å². The molecule has 0 aliphatic carbocycles. The van der Waals surface area contributed by atoms with Crippen molar-refractivity contribution in [2.24, 2.45) is 4.99 Å². The predicted octanol–water partition coefficient (Wildman–Crippen LogP) is 3.79. The Hall–Kier alpha value is -5.12. The summed E-state index contributed by atoms with van der Waals surface area (Å²) in [5, 5.41) is 14.3. The number of aliphatic imine (C=N–C) groups is 1. The molecule has 0 radical (unpaired) electrons. The average molecular weight is 528 g/mol. The number of carbonyl (C=O) groups is 3. The molecule has 200 valence electrons. The van der Waals surface area contributed by atoms with Crippen LogP contribution in [-0.2, 0) is 9.59 Å². The number of ether oxygens (including phenoxy) is 1. The van der Waals surface area contributed by atoms with Crippen LogP contribution in [0.15, 0.2) is 77.4 Å². The van der Waals surface area contributed by atoms with E-state index in [9.17, 15) is 19.5 Å². The van der Waals surface area contributed by atoms with Crippen LogP contribution >= 0.6 is 0 Å². The zero-order chi connectivity index (χ0) is 28.1. The van der Waals surface area contributed by atoms with Gasteiger partial charge in [-0.15, -0.1) is 0 Å². The molecule has 10 heteroatoms. The average Bonchev–Trinajstić information content (AvgIpc) is 3.20. The third kappa shape index (κ3) is 6.07. The van der Waals surface area contributed by atoms with Crippen LogP contribution in [0.3, 0.4) is 0 Å². The fourth-order valence-corrected chi connectivity index (χ4v) is 3.91. The van der Waals surface area contributed by atoms with E-state index in [1.807, 2.05) is 31.1 Å². The van der Waals surface area contributed by atoms with Crippen LogP contribution < -0.4 is 20.4 Å². The topological polar surface area (TPSA) is 124 Å². The van der Waals surface area contributed by atoms with Crippen molar-refractivity contribution >= 4 is 41.0 Å². The van der Waals surface area contributed by atoms with Gasteiger partial charge in [0.2, 0.25) is 5.91 Å². The number of nitrogens with zero attached hydrogens (tertiary/aromatic N) is 3. The molecular formula is C29H29N5O5. The maximum Gasteiger partial charge on any atom is 0.297 e. The molecule has 0 saturated heterocycles. The number of phenolic OH excluding ortho intramolecular Hbond substituents is 1. The molecule has 0 aromatic heterocycles. The van der Waals surface area contributed by atoms with Crippen molar-refractivity contribution in [3.05, 3.63) is 89.1 Å². The molecule has 0 fully saturated rings. The van der Waals surface area contributed by atoms with Crippen molar-refractivity contribution in [3.63, 3.8) is 0 Å². The van der Waals surface area contributed by atoms with Gasteiger partial charge in [-0.1, -0.05) is 30.3 Å². The number of hydrogen-bond donors (Lipinski definition) is 3. The van der Waals surface area contributed by atoms with Crippen LogP contribution in [0.4, 0.5) is 11.4 Å². The number of nitrogens with one attached hydrogen (secondary N) is 2. The highest BCUT2D eigenvalue weighted by Gasteiger charge is 2.33. The maximum atomic E-state index is 13.5. The normalized spacial score (nSPS) is 13.7. The van der Waals surface area contributed by atoms with E-state index in [0.29, 0.717) is 16.8 Å². The zero-order valence-electron chi connectivity index (χ0n) is 22.1. The van der Waals surface area contributed by atoms with Gasteiger partial charge < -0.3 is 20.1 Å². The number of hydrazine groups is 1. The Bertz CT molecular complexity index is 1480. The van der Waals surface area contributed by atoms with Crippen molar-refractivity contribution in [1.29, 1.82) is 0 Å². The summed E-state index contributed by atoms with van der Waals surface area (Å²) < 4.78 is 5.63. The lowest BCUT2D eigenvalue weighted by molar-refractivity contribution is -0.124. The van der Waals surface area contributed by atoms with Crippen molar-refractivity contribution in [2.45, 2.75) is 13.8 Å². The Labute approximate surface area is 226 Å². The minimum atomic E-state index is -0.607. The molecule has 10 nitrogen and oxygen atoms in total. The highest BCUT2D eigenvalue weighted by molar-refractivity contribution is 6.20. The van der Waals surface area contributed by atoms with Gasteiger partial charge in [0.15, 0.2) is 5.84 Å². The second kappa shape index (κ2) is 11.5. The highest BCUT2D eigenvalue weighted by atomic mass is 16.5. The number of aromatic hydroxyl groups is 1. The van der Waals surface area contributed by atoms with Gasteiger partial charge in [0, 0.05) is 55.7 Å². The Kier molecular flexibility index (Phi) is 7.95. The first-order chi connectivity index (χ1) is 18.7. The molecule has 3 aromatic carbocycles. The first kappa shape index (κ1) is 26.9. The molecule has 4 rings (SSSR count). The summed E-state index contributed by atoms with van der Waals surface area (Å²) in [7, 11) is 3.71. The summed E-state index contributed by atoms with van der Waals surface area (Å²) in [5.41, 5.74) is 5.12. The fraction of sp³-hybridized carbons (Fsp3) is 0.172. The van der Waals surface area contributed by atoms with Gasteiger partial charge in [-0.05, 0) is 37.3 Å². The van der Waals surface area contributed by atoms with E-state index in [0.717, 1.165) is 10.7 Å². The number of hydrogen-bond acceptors (Lipinski definition) is 7. The van der Waals surface area contributed by atoms with Gasteiger partial charge in [0.1, 0.15) is 17.2 Å². The number of amidine groups is 1. The molecule has 0 bridgehead atoms. The first-order valence-corrected chi connectivity index (χ1v) is 12.2. The van der Waals surface area contributed by atoms with E-state index >= 15 is 0 Å². The molecular weight excluding hydrogens is 498 g/mol. The highest BCUT2D eigenvalue weighted by Crippen LogP contribution is 2.29. The third-order valence-corrected chi connectivity index (χ3v) is 5.77. The van der Waals surface area contributed by atoms with Crippen molar-refractivity contribution < 1.29 is 24.2 Å². The summed E-state index contributed by atoms with van der Waals surface area (Å²) in [6, 6.07) is 18.7. The molecule has 0 spiro atoms. The second-order valence-electron chi connectivity index (χ2n) is 8.88. The number of phenols is 1. The molecule has 0 saturated carbocycles. The molecule has 39 heavy (non-hydrogen) atoms. The monoisotopic (exact) mass is 527 g/mol. The third-order valence-electron chi connectivity index (χ3n) is 5.77. The standard InChI is InChI=1S/C29H29N5O5/c1-5-39-26-16-21(30-18(2)35)12-14-23(26)28(37)32-34-27(19-9-7-6-8-10-19)31-24(29(34)38)15-20-11-13-22(33(3)4)17-25(20)36/h6-17,36H,5H2,1-4H3,(H,30,35)(H,32,37). The Morgan fingerprint density at radius 2 is 1.82 bits per heavy atom. The Balaban J connectivity index is 1.69. The molecule has 1 heterocycles. The summed E-state index contributed by atoms with van der Waals surface area (Å²) >= 11 is 0. The Morgan fingerprint density at radius 3 is 2.46 bits per heavy atom. The van der Waals surface area contributed by atoms with Crippen LogP contribution in [0.1, 0.15) is 35.3 Å². The molecule has 3 aromatic rings. The van der Waals surface area contributed by atoms with Gasteiger partial charge >= 0.3 is 0 Å². The fourth-order valence-electron chi connectivity index (χ4n) is 3.91. The number of carbonyl (C=O) groups excluding carboxylic acids is 3. The quantitative estimate of drug-likeness (QED) is 0.383. The summed E-state index contributed by atoms with van der Waals surface area (Å²) in [4.78, 5) is 44.7. The molecule has 0 unspecified atom stereocenters. The van der Waals surface area contributed by atoms with Crippen LogP contribution in [0, 0.1) is 0 Å². The molecule has 1 aliphatic rings. The van der Waals surface area contributed by atoms with Gasteiger partial charge in [0.05, 0.1) is 12.2 Å². The number of rotatable bonds is 8. The van der Waals surface area contributed by atoms with Gasteiger partial charge in [0.25, 0.3) is 11.8 Å². The number of benzene rings is 3. The van der Waals surface area contributed by atoms with E-state index in [-0.39, 0.29) is 41.1 Å². The minimum Gasteiger partial charge on any atom is -0.507 e. The van der Waals surface area contributed by atoms with E-state index in [1.165, 1.54) is 19.1 Å². The van der Waals surface area contributed by atoms with Crippen LogP contribution in [0.2, 0.25) is 0 Å². The van der Waals surface area contributed by atoms with Gasteiger partial charge in [-0.25, -0.2) is 4.99 Å². The van der Waals surface area contributed by atoms with E-state index < -0.39 is 11.8 Å². The van der Waals surface area contributed by atoms with E-state index in [4.69, 9.17) is 4.74 Å². The summed E-state index contributed by atoms with van der Waals surface area (Å²) in [5.74, 6) is -0.996. The van der Waals surface area contributed by atoms with E-state index in [1.54, 1.807) is 55.5 Å². The molecule has 1 aliphatic heterocycles. The van der Waals surface area contributed by atoms with Crippen LogP contribution in [0.5, 0.6) is 11.5 Å². The largest absolute Gasteiger partial charge is 0.507 e. The van der Waals surface area contributed by atoms with Crippen molar-refractivity contribution in [2.75, 3.05) is 30.9 Å². The van der Waals surface area contributed by atoms with Crippen LogP contribution in [-0.4, -0.2) is 54.4 Å². The zero-order valence-corrected chi connectivity index (χ0v) is 22.1. The maximum absolute atomic E-state index is 13.5. The molecule has 3 N–H and O–H groups in total. The predicted molar refractivity (Wildman–Crippen MR) is 150 cm³/mol. The Morgan fingerprint density at radius 1 is 1.08 bits per heavy atom. The molecule has 0 atom stereocenters. The van der Waals surface area contributed by atoms with Crippen molar-refractivity contribution in [1.82, 2.24) is 10.4 Å². The minimum absolute atomic E-state index is 0.0129.